The normalized spacial score (nSPS) is 16.3. The topological polar surface area (TPSA) is 41.1 Å². The van der Waals surface area contributed by atoms with E-state index in [-0.39, 0.29) is 30.3 Å². The molecule has 0 heterocycles. The van der Waals surface area contributed by atoms with Gasteiger partial charge in [0.1, 0.15) is 0 Å². The van der Waals surface area contributed by atoms with Crippen molar-refractivity contribution in [2.45, 2.75) is 45.6 Å². The number of carbonyl (C=O) groups excluding carboxylic acids is 1. The van der Waals surface area contributed by atoms with Crippen molar-refractivity contribution < 1.29 is 4.79 Å². The van der Waals surface area contributed by atoms with Crippen LogP contribution >= 0.6 is 12.4 Å². The van der Waals surface area contributed by atoms with Crippen LogP contribution in [0.1, 0.15) is 49.4 Å². The summed E-state index contributed by atoms with van der Waals surface area (Å²) in [7, 11) is 1.87. The minimum Gasteiger partial charge on any atom is -0.349 e. The first-order valence-electron chi connectivity index (χ1n) is 7.68. The van der Waals surface area contributed by atoms with Gasteiger partial charge in [-0.2, -0.15) is 0 Å². The highest BCUT2D eigenvalue weighted by molar-refractivity contribution is 5.85. The molecule has 21 heavy (non-hydrogen) atoms. The summed E-state index contributed by atoms with van der Waals surface area (Å²) in [6.07, 6.45) is 4.98. The van der Waals surface area contributed by atoms with Gasteiger partial charge in [0, 0.05) is 12.5 Å². The fraction of sp³-hybridized carbons (Fsp3) is 0.588. The second-order valence-electron chi connectivity index (χ2n) is 5.92. The Morgan fingerprint density at radius 1 is 1.19 bits per heavy atom. The van der Waals surface area contributed by atoms with Crippen LogP contribution in [-0.4, -0.2) is 19.5 Å². The number of carbonyl (C=O) groups is 1. The molecule has 1 aromatic rings. The molecule has 1 amide bonds. The van der Waals surface area contributed by atoms with Gasteiger partial charge in [0.25, 0.3) is 0 Å². The molecular formula is C17H27ClN2O. The molecular weight excluding hydrogens is 284 g/mol. The Kier molecular flexibility index (Phi) is 7.20. The minimum absolute atomic E-state index is 0. The van der Waals surface area contributed by atoms with E-state index in [4.69, 9.17) is 0 Å². The molecule has 0 aliphatic heterocycles. The summed E-state index contributed by atoms with van der Waals surface area (Å²) in [5.74, 6) is 0.115. The van der Waals surface area contributed by atoms with Gasteiger partial charge >= 0.3 is 0 Å². The van der Waals surface area contributed by atoms with Crippen LogP contribution in [-0.2, 0) is 17.6 Å². The van der Waals surface area contributed by atoms with Gasteiger partial charge in [0.05, 0.1) is 6.04 Å². The lowest BCUT2D eigenvalue weighted by Crippen LogP contribution is -2.35. The van der Waals surface area contributed by atoms with E-state index >= 15 is 0 Å². The number of halogens is 1. The van der Waals surface area contributed by atoms with Crippen LogP contribution in [0.3, 0.4) is 0 Å². The SMILES string of the molecule is CNCC(C)C(=O)NC(C)c1ccc2c(c1)CCCC2.Cl. The first-order valence-corrected chi connectivity index (χ1v) is 7.68. The number of hydrogen-bond donors (Lipinski definition) is 2. The van der Waals surface area contributed by atoms with Crippen LogP contribution in [0.2, 0.25) is 0 Å². The Morgan fingerprint density at radius 2 is 1.86 bits per heavy atom. The number of amides is 1. The molecule has 4 heteroatoms. The van der Waals surface area contributed by atoms with Crippen molar-refractivity contribution in [1.82, 2.24) is 10.6 Å². The zero-order valence-corrected chi connectivity index (χ0v) is 14.1. The van der Waals surface area contributed by atoms with Crippen molar-refractivity contribution >= 4 is 18.3 Å². The first-order chi connectivity index (χ1) is 9.61. The second kappa shape index (κ2) is 8.40. The number of nitrogens with one attached hydrogen (secondary N) is 2. The van der Waals surface area contributed by atoms with E-state index in [0.29, 0.717) is 6.54 Å². The molecule has 2 atom stereocenters. The number of fused-ring (bicyclic) bond motifs is 1. The Hall–Kier alpha value is -1.06. The van der Waals surface area contributed by atoms with Gasteiger partial charge < -0.3 is 10.6 Å². The van der Waals surface area contributed by atoms with Gasteiger partial charge in [-0.05, 0) is 56.3 Å². The Bertz CT molecular complexity index is 476. The molecule has 1 aromatic carbocycles. The summed E-state index contributed by atoms with van der Waals surface area (Å²) < 4.78 is 0. The molecule has 0 fully saturated rings. The largest absolute Gasteiger partial charge is 0.349 e. The number of aryl methyl sites for hydroxylation is 2. The molecule has 3 nitrogen and oxygen atoms in total. The summed E-state index contributed by atoms with van der Waals surface area (Å²) in [6.45, 7) is 4.72. The van der Waals surface area contributed by atoms with Crippen LogP contribution in [0.15, 0.2) is 18.2 Å². The third kappa shape index (κ3) is 4.72. The molecule has 0 radical (unpaired) electrons. The molecule has 0 saturated heterocycles. The maximum Gasteiger partial charge on any atom is 0.224 e. The lowest BCUT2D eigenvalue weighted by Gasteiger charge is -2.21. The molecule has 118 valence electrons. The summed E-state index contributed by atoms with van der Waals surface area (Å²) >= 11 is 0. The summed E-state index contributed by atoms with van der Waals surface area (Å²) in [5, 5.41) is 6.15. The van der Waals surface area contributed by atoms with Crippen LogP contribution < -0.4 is 10.6 Å². The van der Waals surface area contributed by atoms with Gasteiger partial charge in [-0.3, -0.25) is 4.79 Å². The van der Waals surface area contributed by atoms with E-state index in [1.54, 1.807) is 0 Å². The fourth-order valence-electron chi connectivity index (χ4n) is 2.86. The third-order valence-electron chi connectivity index (χ3n) is 4.19. The molecule has 1 aliphatic carbocycles. The Balaban J connectivity index is 0.00000220. The summed E-state index contributed by atoms with van der Waals surface area (Å²) in [6, 6.07) is 6.76. The molecule has 0 bridgehead atoms. The van der Waals surface area contributed by atoms with Crippen molar-refractivity contribution in [2.24, 2.45) is 5.92 Å². The number of hydrogen-bond acceptors (Lipinski definition) is 2. The van der Waals surface area contributed by atoms with Crippen LogP contribution in [0.4, 0.5) is 0 Å². The lowest BCUT2D eigenvalue weighted by molar-refractivity contribution is -0.125. The average Bonchev–Trinajstić information content (AvgIpc) is 2.46. The minimum atomic E-state index is 0. The second-order valence-corrected chi connectivity index (χ2v) is 5.92. The fourth-order valence-corrected chi connectivity index (χ4v) is 2.86. The molecule has 0 aromatic heterocycles. The highest BCUT2D eigenvalue weighted by atomic mass is 35.5. The van der Waals surface area contributed by atoms with E-state index in [1.165, 1.54) is 42.4 Å². The maximum absolute atomic E-state index is 12.1. The van der Waals surface area contributed by atoms with Gasteiger partial charge in [-0.1, -0.05) is 25.1 Å². The highest BCUT2D eigenvalue weighted by Gasteiger charge is 2.17. The van der Waals surface area contributed by atoms with Crippen molar-refractivity contribution in [3.05, 3.63) is 34.9 Å². The monoisotopic (exact) mass is 310 g/mol. The Labute approximate surface area is 134 Å². The maximum atomic E-state index is 12.1. The van der Waals surface area contributed by atoms with Crippen LogP contribution in [0.5, 0.6) is 0 Å². The van der Waals surface area contributed by atoms with Gasteiger partial charge in [-0.15, -0.1) is 12.4 Å². The predicted molar refractivity (Wildman–Crippen MR) is 90.0 cm³/mol. The highest BCUT2D eigenvalue weighted by Crippen LogP contribution is 2.24. The predicted octanol–water partition coefficient (Wildman–Crippen LogP) is 3.02. The van der Waals surface area contributed by atoms with Crippen molar-refractivity contribution in [2.75, 3.05) is 13.6 Å². The number of benzene rings is 1. The van der Waals surface area contributed by atoms with Crippen molar-refractivity contribution in [3.63, 3.8) is 0 Å². The lowest BCUT2D eigenvalue weighted by atomic mass is 9.89. The zero-order valence-electron chi connectivity index (χ0n) is 13.2. The molecule has 0 spiro atoms. The van der Waals surface area contributed by atoms with Crippen LogP contribution in [0.25, 0.3) is 0 Å². The molecule has 2 rings (SSSR count). The summed E-state index contributed by atoms with van der Waals surface area (Å²) in [5.41, 5.74) is 4.18. The molecule has 2 unspecified atom stereocenters. The zero-order chi connectivity index (χ0) is 14.5. The van der Waals surface area contributed by atoms with E-state index in [1.807, 2.05) is 14.0 Å². The first kappa shape index (κ1) is 18.0. The average molecular weight is 311 g/mol. The van der Waals surface area contributed by atoms with E-state index in [9.17, 15) is 4.79 Å². The van der Waals surface area contributed by atoms with Gasteiger partial charge in [0.2, 0.25) is 5.91 Å². The smallest absolute Gasteiger partial charge is 0.224 e. The Morgan fingerprint density at radius 3 is 2.52 bits per heavy atom. The third-order valence-corrected chi connectivity index (χ3v) is 4.19. The standard InChI is InChI=1S/C17H26N2O.ClH/c1-12(11-18-3)17(20)19-13(2)15-9-8-14-6-4-5-7-16(14)10-15;/h8-10,12-13,18H,4-7,11H2,1-3H3,(H,19,20);1H. The number of rotatable bonds is 5. The van der Waals surface area contributed by atoms with E-state index in [0.717, 1.165) is 0 Å². The molecule has 1 aliphatic rings. The van der Waals surface area contributed by atoms with E-state index in [2.05, 4.69) is 35.8 Å². The quantitative estimate of drug-likeness (QED) is 0.878. The van der Waals surface area contributed by atoms with Gasteiger partial charge in [-0.25, -0.2) is 0 Å². The molecule has 0 saturated carbocycles. The van der Waals surface area contributed by atoms with Crippen molar-refractivity contribution in [3.8, 4) is 0 Å². The van der Waals surface area contributed by atoms with Gasteiger partial charge in [0.15, 0.2) is 0 Å². The molecule has 2 N–H and O–H groups in total. The van der Waals surface area contributed by atoms with E-state index < -0.39 is 0 Å². The summed E-state index contributed by atoms with van der Waals surface area (Å²) in [4.78, 5) is 12.1. The van der Waals surface area contributed by atoms with Crippen molar-refractivity contribution in [1.29, 1.82) is 0 Å². The van der Waals surface area contributed by atoms with Crippen LogP contribution in [0, 0.1) is 5.92 Å².